The Morgan fingerprint density at radius 2 is 2.00 bits per heavy atom. The Balaban J connectivity index is 2.19. The monoisotopic (exact) mass is 333 g/mol. The predicted octanol–water partition coefficient (Wildman–Crippen LogP) is 2.83. The molecule has 0 aliphatic rings. The van der Waals surface area contributed by atoms with Crippen molar-refractivity contribution in [2.75, 3.05) is 19.8 Å². The highest BCUT2D eigenvalue weighted by Gasteiger charge is 2.06. The lowest BCUT2D eigenvalue weighted by molar-refractivity contribution is -0.143. The molecule has 0 aliphatic heterocycles. The first-order valence-corrected chi connectivity index (χ1v) is 7.28. The van der Waals surface area contributed by atoms with Gasteiger partial charge in [-0.3, -0.25) is 9.59 Å². The summed E-state index contributed by atoms with van der Waals surface area (Å²) in [6.07, 6.45) is 0.805. The van der Waals surface area contributed by atoms with Crippen molar-refractivity contribution in [2.24, 2.45) is 0 Å². The van der Waals surface area contributed by atoms with Crippen LogP contribution in [0.3, 0.4) is 0 Å². The summed E-state index contributed by atoms with van der Waals surface area (Å²) in [5.41, 5.74) is 0. The van der Waals surface area contributed by atoms with Crippen LogP contribution in [0.15, 0.2) is 18.2 Å². The molecule has 0 aromatic heterocycles. The Morgan fingerprint density at radius 3 is 2.67 bits per heavy atom. The third-order valence-electron chi connectivity index (χ3n) is 2.45. The number of hydrogen-bond acceptors (Lipinski definition) is 4. The fourth-order valence-electron chi connectivity index (χ4n) is 1.46. The Hall–Kier alpha value is -1.46. The lowest BCUT2D eigenvalue weighted by Crippen LogP contribution is -2.30. The van der Waals surface area contributed by atoms with Gasteiger partial charge in [-0.1, -0.05) is 23.2 Å². The molecule has 1 rings (SSSR count). The minimum absolute atomic E-state index is 0.128. The molecule has 0 saturated heterocycles. The molecule has 21 heavy (non-hydrogen) atoms. The van der Waals surface area contributed by atoms with Crippen LogP contribution in [0.2, 0.25) is 10.0 Å². The Labute approximate surface area is 133 Å². The van der Waals surface area contributed by atoms with Gasteiger partial charge in [-0.25, -0.2) is 0 Å². The zero-order valence-corrected chi connectivity index (χ0v) is 13.2. The highest BCUT2D eigenvalue weighted by Crippen LogP contribution is 2.26. The fourth-order valence-corrected chi connectivity index (χ4v) is 1.75. The zero-order chi connectivity index (χ0) is 15.7. The van der Waals surface area contributed by atoms with Gasteiger partial charge in [0.05, 0.1) is 16.7 Å². The molecule has 1 amide bonds. The van der Waals surface area contributed by atoms with Crippen molar-refractivity contribution in [3.8, 4) is 5.75 Å². The first-order chi connectivity index (χ1) is 10.0. The molecule has 0 saturated carbocycles. The SMILES string of the molecule is CCOC(=O)CCCNC(=O)COc1ccc(Cl)c(Cl)c1. The average Bonchev–Trinajstić information content (AvgIpc) is 2.45. The highest BCUT2D eigenvalue weighted by molar-refractivity contribution is 6.42. The normalized spacial score (nSPS) is 10.0. The summed E-state index contributed by atoms with van der Waals surface area (Å²) >= 11 is 11.6. The minimum Gasteiger partial charge on any atom is -0.484 e. The number of halogens is 2. The van der Waals surface area contributed by atoms with Crippen molar-refractivity contribution in [3.63, 3.8) is 0 Å². The number of carbonyl (C=O) groups is 2. The molecule has 0 heterocycles. The third kappa shape index (κ3) is 7.20. The van der Waals surface area contributed by atoms with Crippen molar-refractivity contribution in [1.82, 2.24) is 5.32 Å². The summed E-state index contributed by atoms with van der Waals surface area (Å²) in [6.45, 7) is 2.38. The van der Waals surface area contributed by atoms with E-state index >= 15 is 0 Å². The number of amides is 1. The Morgan fingerprint density at radius 1 is 1.24 bits per heavy atom. The largest absolute Gasteiger partial charge is 0.484 e. The molecule has 0 spiro atoms. The summed E-state index contributed by atoms with van der Waals surface area (Å²) in [5, 5.41) is 3.43. The molecule has 0 fully saturated rings. The maximum atomic E-state index is 11.5. The van der Waals surface area contributed by atoms with Gasteiger partial charge < -0.3 is 14.8 Å². The van der Waals surface area contributed by atoms with E-state index in [0.717, 1.165) is 0 Å². The van der Waals surface area contributed by atoms with Crippen LogP contribution in [0.4, 0.5) is 0 Å². The minimum atomic E-state index is -0.273. The summed E-state index contributed by atoms with van der Waals surface area (Å²) in [4.78, 5) is 22.6. The maximum Gasteiger partial charge on any atom is 0.305 e. The highest BCUT2D eigenvalue weighted by atomic mass is 35.5. The van der Waals surface area contributed by atoms with Crippen LogP contribution in [0.1, 0.15) is 19.8 Å². The summed E-state index contributed by atoms with van der Waals surface area (Å²) < 4.78 is 10.0. The standard InChI is InChI=1S/C14H17Cl2NO4/c1-2-20-14(19)4-3-7-17-13(18)9-21-10-5-6-11(15)12(16)8-10/h5-6,8H,2-4,7,9H2,1H3,(H,17,18). The maximum absolute atomic E-state index is 11.5. The van der Waals surface area contributed by atoms with Gasteiger partial charge in [-0.15, -0.1) is 0 Å². The van der Waals surface area contributed by atoms with E-state index in [1.54, 1.807) is 19.1 Å². The van der Waals surface area contributed by atoms with Crippen LogP contribution in [-0.2, 0) is 14.3 Å². The second-order valence-electron chi connectivity index (χ2n) is 4.12. The van der Waals surface area contributed by atoms with E-state index in [1.807, 2.05) is 0 Å². The van der Waals surface area contributed by atoms with E-state index in [9.17, 15) is 9.59 Å². The van der Waals surface area contributed by atoms with E-state index < -0.39 is 0 Å². The van der Waals surface area contributed by atoms with Gasteiger partial charge >= 0.3 is 5.97 Å². The lowest BCUT2D eigenvalue weighted by atomic mass is 10.3. The van der Waals surface area contributed by atoms with Gasteiger partial charge in [0.1, 0.15) is 5.75 Å². The van der Waals surface area contributed by atoms with Crippen LogP contribution in [0.5, 0.6) is 5.75 Å². The van der Waals surface area contributed by atoms with Crippen LogP contribution >= 0.6 is 23.2 Å². The Kier molecular flexibility index (Phi) is 7.93. The van der Waals surface area contributed by atoms with Crippen LogP contribution in [0, 0.1) is 0 Å². The molecule has 116 valence electrons. The van der Waals surface area contributed by atoms with E-state index in [4.69, 9.17) is 32.7 Å². The van der Waals surface area contributed by atoms with Crippen molar-refractivity contribution in [1.29, 1.82) is 0 Å². The summed E-state index contributed by atoms with van der Waals surface area (Å²) in [5.74, 6) is -0.0742. The van der Waals surface area contributed by atoms with E-state index in [-0.39, 0.29) is 24.9 Å². The number of carbonyl (C=O) groups excluding carboxylic acids is 2. The second kappa shape index (κ2) is 9.47. The quantitative estimate of drug-likeness (QED) is 0.586. The summed E-state index contributed by atoms with van der Waals surface area (Å²) in [7, 11) is 0. The lowest BCUT2D eigenvalue weighted by Gasteiger charge is -2.08. The average molecular weight is 334 g/mol. The summed E-state index contributed by atoms with van der Waals surface area (Å²) in [6, 6.07) is 4.76. The smallest absolute Gasteiger partial charge is 0.305 e. The van der Waals surface area contributed by atoms with E-state index in [1.165, 1.54) is 6.07 Å². The first-order valence-electron chi connectivity index (χ1n) is 6.53. The second-order valence-corrected chi connectivity index (χ2v) is 4.94. The molecular weight excluding hydrogens is 317 g/mol. The number of nitrogens with one attached hydrogen (secondary N) is 1. The molecule has 0 aliphatic carbocycles. The predicted molar refractivity (Wildman–Crippen MR) is 80.8 cm³/mol. The van der Waals surface area contributed by atoms with Crippen LogP contribution < -0.4 is 10.1 Å². The number of ether oxygens (including phenoxy) is 2. The van der Waals surface area contributed by atoms with E-state index in [2.05, 4.69) is 5.32 Å². The third-order valence-corrected chi connectivity index (χ3v) is 3.19. The van der Waals surface area contributed by atoms with Crippen LogP contribution in [0.25, 0.3) is 0 Å². The molecule has 1 aromatic carbocycles. The Bertz CT molecular complexity index is 494. The van der Waals surface area contributed by atoms with Gasteiger partial charge in [0, 0.05) is 19.0 Å². The topological polar surface area (TPSA) is 64.6 Å². The molecule has 0 unspecified atom stereocenters. The number of benzene rings is 1. The van der Waals surface area contributed by atoms with Crippen LogP contribution in [-0.4, -0.2) is 31.6 Å². The van der Waals surface area contributed by atoms with Crippen molar-refractivity contribution in [3.05, 3.63) is 28.2 Å². The van der Waals surface area contributed by atoms with Gasteiger partial charge in [-0.2, -0.15) is 0 Å². The molecule has 0 atom stereocenters. The zero-order valence-electron chi connectivity index (χ0n) is 11.7. The van der Waals surface area contributed by atoms with Gasteiger partial charge in [-0.05, 0) is 25.5 Å². The number of rotatable bonds is 8. The fraction of sp³-hybridized carbons (Fsp3) is 0.429. The first kappa shape index (κ1) is 17.6. The molecule has 0 bridgehead atoms. The van der Waals surface area contributed by atoms with Gasteiger partial charge in [0.15, 0.2) is 6.61 Å². The van der Waals surface area contributed by atoms with Crippen molar-refractivity contribution < 1.29 is 19.1 Å². The molecule has 0 radical (unpaired) electrons. The molecule has 1 aromatic rings. The molecule has 1 N–H and O–H groups in total. The van der Waals surface area contributed by atoms with E-state index in [0.29, 0.717) is 35.4 Å². The molecule has 7 heteroatoms. The number of esters is 1. The van der Waals surface area contributed by atoms with Crippen molar-refractivity contribution >= 4 is 35.1 Å². The number of hydrogen-bond donors (Lipinski definition) is 1. The molecule has 5 nitrogen and oxygen atoms in total. The van der Waals surface area contributed by atoms with Gasteiger partial charge in [0.25, 0.3) is 5.91 Å². The molecular formula is C14H17Cl2NO4. The van der Waals surface area contributed by atoms with Gasteiger partial charge in [0.2, 0.25) is 0 Å². The van der Waals surface area contributed by atoms with Crippen molar-refractivity contribution in [2.45, 2.75) is 19.8 Å².